The molecule has 0 bridgehead atoms. The van der Waals surface area contributed by atoms with Gasteiger partial charge in [-0.3, -0.25) is 15.1 Å². The van der Waals surface area contributed by atoms with Crippen LogP contribution in [0.1, 0.15) is 77.6 Å². The highest BCUT2D eigenvalue weighted by Crippen LogP contribution is 2.45. The van der Waals surface area contributed by atoms with Gasteiger partial charge in [-0.2, -0.15) is 4.98 Å². The van der Waals surface area contributed by atoms with Crippen LogP contribution in [-0.4, -0.2) is 59.2 Å². The van der Waals surface area contributed by atoms with Crippen molar-refractivity contribution in [1.82, 2.24) is 19.9 Å². The van der Waals surface area contributed by atoms with E-state index in [0.29, 0.717) is 26.4 Å². The molecule has 6 aromatic rings. The van der Waals surface area contributed by atoms with E-state index in [-0.39, 0.29) is 18.8 Å². The number of fused-ring (bicyclic) bond motifs is 1. The molecule has 0 atom stereocenters. The summed E-state index contributed by atoms with van der Waals surface area (Å²) in [6.45, 7) is 18.3. The second-order valence-corrected chi connectivity index (χ2v) is 14.1. The first kappa shape index (κ1) is 50.2. The number of rotatable bonds is 18. The lowest BCUT2D eigenvalue weighted by Crippen LogP contribution is -3.00. The Hall–Kier alpha value is -5.47. The van der Waals surface area contributed by atoms with Gasteiger partial charge in [-0.05, 0) is 124 Å². The average molecular weight is 878 g/mol. The molecule has 2 aromatic heterocycles. The van der Waals surface area contributed by atoms with Crippen LogP contribution in [0.3, 0.4) is 0 Å². The van der Waals surface area contributed by atoms with Crippen LogP contribution in [0.5, 0.6) is 0 Å². The number of nitrogens with zero attached hydrogens (tertiary/aromatic N) is 6. The van der Waals surface area contributed by atoms with Crippen LogP contribution in [-0.2, 0) is 44.6 Å². The Labute approximate surface area is 380 Å². The molecule has 12 nitrogen and oxygen atoms in total. The molecule has 7 rings (SSSR count). The van der Waals surface area contributed by atoms with Gasteiger partial charge in [0.15, 0.2) is 11.6 Å². The summed E-state index contributed by atoms with van der Waals surface area (Å²) in [6, 6.07) is 34.1. The van der Waals surface area contributed by atoms with Crippen molar-refractivity contribution >= 4 is 46.0 Å². The van der Waals surface area contributed by atoms with E-state index in [2.05, 4.69) is 165 Å². The van der Waals surface area contributed by atoms with Crippen molar-refractivity contribution in [3.05, 3.63) is 144 Å². The minimum absolute atomic E-state index is 0. The number of hydrogen-bond acceptors (Lipinski definition) is 11. The predicted octanol–water partition coefficient (Wildman–Crippen LogP) is 7.47. The van der Waals surface area contributed by atoms with E-state index in [4.69, 9.17) is 18.9 Å². The van der Waals surface area contributed by atoms with Crippen molar-refractivity contribution in [1.29, 1.82) is 0 Å². The van der Waals surface area contributed by atoms with E-state index < -0.39 is 6.48 Å². The molecule has 4 aromatic carbocycles. The zero-order valence-electron chi connectivity index (χ0n) is 38.1. The first-order valence-corrected chi connectivity index (χ1v) is 22.0. The molecule has 1 aliphatic heterocycles. The summed E-state index contributed by atoms with van der Waals surface area (Å²) in [7, 11) is 0. The lowest BCUT2D eigenvalue weighted by molar-refractivity contribution is -0.482. The monoisotopic (exact) mass is 876 g/mol. The Morgan fingerprint density at radius 1 is 0.508 bits per heavy atom. The third-order valence-electron chi connectivity index (χ3n) is 10.1. The van der Waals surface area contributed by atoms with E-state index in [0.717, 1.165) is 71.7 Å². The van der Waals surface area contributed by atoms with Gasteiger partial charge in [-0.1, -0.05) is 76.2 Å². The molecule has 13 heteroatoms. The Morgan fingerprint density at radius 2 is 0.905 bits per heavy atom. The highest BCUT2D eigenvalue weighted by Gasteiger charge is 2.40. The Balaban J connectivity index is 0.000000227. The number of nitrogens with one attached hydrogen (secondary N) is 1. The number of quaternary nitrogens is 1. The maximum atomic E-state index is 6.20. The summed E-state index contributed by atoms with van der Waals surface area (Å²) in [5.74, 6) is 3.22. The summed E-state index contributed by atoms with van der Waals surface area (Å²) in [5, 5.41) is 5.41. The number of aryl methyl sites for hydroxylation is 4. The normalized spacial score (nSPS) is 11.9. The number of aromatic nitrogens is 4. The minimum atomic E-state index is -0.472. The molecule has 0 unspecified atom stereocenters. The SMILES string of the molecule is CCOC(OCC)OCC.CCOC1N(c2ccc(CC)cc2)c2nccnc2N1c1ccc(CC)cc1.CCc1ccc(Nc2nccnc2[NH2+]c2ccc(CC)cc2)cc1.[Cl-]. The Kier molecular flexibility index (Phi) is 21.4. The smallest absolute Gasteiger partial charge is 0.273 e. The van der Waals surface area contributed by atoms with Gasteiger partial charge in [0.2, 0.25) is 12.2 Å². The summed E-state index contributed by atoms with van der Waals surface area (Å²) >= 11 is 0. The van der Waals surface area contributed by atoms with Crippen molar-refractivity contribution < 1.29 is 36.7 Å². The molecular weight excluding hydrogens is 812 g/mol. The molecule has 0 spiro atoms. The third kappa shape index (κ3) is 14.3. The van der Waals surface area contributed by atoms with E-state index >= 15 is 0 Å². The van der Waals surface area contributed by atoms with Crippen LogP contribution in [0, 0.1) is 0 Å². The second kappa shape index (κ2) is 26.9. The quantitative estimate of drug-likeness (QED) is 0.0661. The summed E-state index contributed by atoms with van der Waals surface area (Å²) < 4.78 is 21.4. The molecule has 3 N–H and O–H groups in total. The second-order valence-electron chi connectivity index (χ2n) is 14.1. The molecule has 336 valence electrons. The van der Waals surface area contributed by atoms with Crippen molar-refractivity contribution in [2.75, 3.05) is 41.5 Å². The number of nitrogens with two attached hydrogens (primary N) is 1. The van der Waals surface area contributed by atoms with Crippen LogP contribution in [0.4, 0.5) is 46.0 Å². The van der Waals surface area contributed by atoms with Gasteiger partial charge in [-0.25, -0.2) is 15.0 Å². The lowest BCUT2D eigenvalue weighted by Gasteiger charge is -2.31. The van der Waals surface area contributed by atoms with Gasteiger partial charge in [0.05, 0.1) is 6.20 Å². The van der Waals surface area contributed by atoms with Crippen LogP contribution >= 0.6 is 0 Å². The predicted molar refractivity (Wildman–Crippen MR) is 250 cm³/mol. The molecule has 0 amide bonds. The van der Waals surface area contributed by atoms with E-state index in [1.165, 1.54) is 22.3 Å². The highest BCUT2D eigenvalue weighted by molar-refractivity contribution is 5.82. The lowest BCUT2D eigenvalue weighted by atomic mass is 10.1. The van der Waals surface area contributed by atoms with E-state index in [1.807, 2.05) is 27.7 Å². The van der Waals surface area contributed by atoms with Gasteiger partial charge in [0.25, 0.3) is 12.3 Å². The molecule has 3 heterocycles. The van der Waals surface area contributed by atoms with Gasteiger partial charge < -0.3 is 36.7 Å². The Morgan fingerprint density at radius 3 is 1.32 bits per heavy atom. The maximum absolute atomic E-state index is 6.20. The van der Waals surface area contributed by atoms with Gasteiger partial charge >= 0.3 is 0 Å². The maximum Gasteiger partial charge on any atom is 0.273 e. The molecule has 0 saturated carbocycles. The van der Waals surface area contributed by atoms with Crippen molar-refractivity contribution in [2.45, 2.75) is 93.9 Å². The third-order valence-corrected chi connectivity index (χ3v) is 10.1. The number of halogens is 1. The van der Waals surface area contributed by atoms with Crippen LogP contribution in [0.15, 0.2) is 122 Å². The van der Waals surface area contributed by atoms with Crippen molar-refractivity contribution in [2.24, 2.45) is 0 Å². The molecular formula is C50H65ClN8O4. The fraction of sp³-hybridized carbons (Fsp3) is 0.360. The standard InChI is InChI=1S/C23H26N4O.C20H22N4.C7H16O3.ClH/c1-4-17-7-11-19(12-8-17)26-21-22(25-16-15-24-21)27(23(26)28-6-3)20-13-9-18(5-2)10-14-20;1-3-15-5-9-17(10-6-15)23-19-20(22-14-13-21-19)24-18-11-7-16(4-2)8-12-18;1-4-8-7(9-5-2)10-6-3;/h7-16,23H,4-6H2,1-3H3;5-14H,3-4H2,1-2H3,(H,21,23)(H,22,24);7H,4-6H2,1-3H3;1H. The van der Waals surface area contributed by atoms with Crippen LogP contribution in [0.25, 0.3) is 0 Å². The topological polar surface area (TPSA) is 124 Å². The number of hydrogen-bond donors (Lipinski definition) is 2. The van der Waals surface area contributed by atoms with E-state index in [9.17, 15) is 0 Å². The van der Waals surface area contributed by atoms with E-state index in [1.54, 1.807) is 24.8 Å². The molecule has 0 aliphatic carbocycles. The largest absolute Gasteiger partial charge is 1.00 e. The first-order chi connectivity index (χ1) is 30.4. The summed E-state index contributed by atoms with van der Waals surface area (Å²) in [5.41, 5.74) is 9.50. The van der Waals surface area contributed by atoms with Crippen LogP contribution < -0.4 is 32.8 Å². The number of anilines is 6. The highest BCUT2D eigenvalue weighted by atomic mass is 35.5. The molecule has 0 fully saturated rings. The summed E-state index contributed by atoms with van der Waals surface area (Å²) in [4.78, 5) is 22.4. The first-order valence-electron chi connectivity index (χ1n) is 22.0. The molecule has 0 saturated heterocycles. The average Bonchev–Trinajstić information content (AvgIpc) is 3.64. The van der Waals surface area contributed by atoms with Crippen LogP contribution in [0.2, 0.25) is 0 Å². The molecule has 63 heavy (non-hydrogen) atoms. The molecule has 0 radical (unpaired) electrons. The Bertz CT molecular complexity index is 2020. The zero-order valence-corrected chi connectivity index (χ0v) is 38.9. The summed E-state index contributed by atoms with van der Waals surface area (Å²) in [6.07, 6.45) is 10.7. The zero-order chi connectivity index (χ0) is 44.1. The van der Waals surface area contributed by atoms with Crippen molar-refractivity contribution in [3.8, 4) is 0 Å². The number of benzene rings is 4. The van der Waals surface area contributed by atoms with Crippen molar-refractivity contribution in [3.63, 3.8) is 0 Å². The number of ether oxygens (including phenoxy) is 4. The molecule has 1 aliphatic rings. The van der Waals surface area contributed by atoms with Gasteiger partial charge in [0, 0.05) is 62.1 Å². The fourth-order valence-electron chi connectivity index (χ4n) is 6.64. The van der Waals surface area contributed by atoms with Gasteiger partial charge in [0.1, 0.15) is 5.69 Å². The minimum Gasteiger partial charge on any atom is -1.00 e. The van der Waals surface area contributed by atoms with Gasteiger partial charge in [-0.15, -0.1) is 0 Å². The fourth-order valence-corrected chi connectivity index (χ4v) is 6.64.